The lowest BCUT2D eigenvalue weighted by molar-refractivity contribution is 1.04. The van der Waals surface area contributed by atoms with E-state index in [9.17, 15) is 0 Å². The molecule has 0 atom stereocenters. The average molecular weight is 760 g/mol. The maximum absolute atomic E-state index is 4.98. The lowest BCUT2D eigenvalue weighted by atomic mass is 9.94. The maximum Gasteiger partial charge on any atom is 0.164 e. The van der Waals surface area contributed by atoms with Crippen molar-refractivity contribution in [2.75, 3.05) is 0 Å². The van der Waals surface area contributed by atoms with E-state index in [-0.39, 0.29) is 0 Å². The second-order valence-corrected chi connectivity index (χ2v) is 15.6. The molecule has 10 rings (SSSR count). The highest BCUT2D eigenvalue weighted by molar-refractivity contribution is 7.25. The van der Waals surface area contributed by atoms with Crippen LogP contribution in [0.3, 0.4) is 0 Å². The molecular weight excluding hydrogens is 723 g/mol. The fourth-order valence-corrected chi connectivity index (χ4v) is 8.83. The van der Waals surface area contributed by atoms with E-state index in [2.05, 4.69) is 147 Å². The molecule has 0 saturated carbocycles. The summed E-state index contributed by atoms with van der Waals surface area (Å²) in [6, 6.07) is 62.5. The Morgan fingerprint density at radius 3 is 1.67 bits per heavy atom. The number of hydrogen-bond acceptors (Lipinski definition) is 4. The number of rotatable bonds is 8. The van der Waals surface area contributed by atoms with Gasteiger partial charge in [-0.1, -0.05) is 170 Å². The van der Waals surface area contributed by atoms with Gasteiger partial charge in [0.15, 0.2) is 17.5 Å². The van der Waals surface area contributed by atoms with Gasteiger partial charge in [-0.3, -0.25) is 0 Å². The summed E-state index contributed by atoms with van der Waals surface area (Å²) in [5.41, 5.74) is 9.72. The molecule has 0 unspecified atom stereocenters. The van der Waals surface area contributed by atoms with Crippen LogP contribution < -0.4 is 0 Å². The molecule has 8 aromatic carbocycles. The molecule has 0 fully saturated rings. The van der Waals surface area contributed by atoms with Crippen molar-refractivity contribution in [1.82, 2.24) is 15.0 Å². The molecule has 0 N–H and O–H groups in total. The first-order valence-electron chi connectivity index (χ1n) is 19.5. The van der Waals surface area contributed by atoms with Crippen LogP contribution in [0.15, 0.2) is 201 Å². The molecule has 0 radical (unpaired) electrons. The molecule has 274 valence electrons. The maximum atomic E-state index is 4.98. The third-order valence-corrected chi connectivity index (χ3v) is 12.1. The van der Waals surface area contributed by atoms with Crippen molar-refractivity contribution in [3.63, 3.8) is 0 Å². The molecule has 0 bridgehead atoms. The minimum Gasteiger partial charge on any atom is -0.208 e. The Labute approximate surface area is 341 Å². The van der Waals surface area contributed by atoms with Gasteiger partial charge in [-0.2, -0.15) is 0 Å². The van der Waals surface area contributed by atoms with Gasteiger partial charge in [0.25, 0.3) is 0 Å². The van der Waals surface area contributed by atoms with Gasteiger partial charge in [0.2, 0.25) is 0 Å². The van der Waals surface area contributed by atoms with E-state index >= 15 is 0 Å². The van der Waals surface area contributed by atoms with Gasteiger partial charge in [-0.25, -0.2) is 15.0 Å². The Balaban J connectivity index is 0.959. The quantitative estimate of drug-likeness (QED) is 0.114. The molecule has 0 aliphatic heterocycles. The molecule has 0 aliphatic carbocycles. The zero-order chi connectivity index (χ0) is 39.0. The molecule has 0 saturated heterocycles. The normalized spacial score (nSPS) is 12.2. The predicted molar refractivity (Wildman–Crippen MR) is 248 cm³/mol. The third kappa shape index (κ3) is 6.70. The average Bonchev–Trinajstić information content (AvgIpc) is 3.67. The van der Waals surface area contributed by atoms with Crippen molar-refractivity contribution in [3.05, 3.63) is 212 Å². The third-order valence-electron chi connectivity index (χ3n) is 10.9. The molecular formula is C54H37N3S. The first-order valence-corrected chi connectivity index (χ1v) is 20.3. The second kappa shape index (κ2) is 15.0. The Kier molecular flexibility index (Phi) is 9.09. The zero-order valence-corrected chi connectivity index (χ0v) is 32.7. The van der Waals surface area contributed by atoms with Crippen molar-refractivity contribution in [2.45, 2.75) is 6.92 Å². The first kappa shape index (κ1) is 35.2. The highest BCUT2D eigenvalue weighted by Gasteiger charge is 2.14. The molecule has 3 nitrogen and oxygen atoms in total. The smallest absolute Gasteiger partial charge is 0.164 e. The Hall–Kier alpha value is -7.27. The fourth-order valence-electron chi connectivity index (χ4n) is 7.74. The molecule has 0 aliphatic rings. The number of allylic oxidation sites excluding steroid dienone is 5. The first-order chi connectivity index (χ1) is 28.6. The van der Waals surface area contributed by atoms with Crippen molar-refractivity contribution in [1.29, 1.82) is 0 Å². The monoisotopic (exact) mass is 759 g/mol. The molecule has 2 heterocycles. The van der Waals surface area contributed by atoms with Crippen molar-refractivity contribution in [3.8, 4) is 45.0 Å². The molecule has 2 aromatic heterocycles. The summed E-state index contributed by atoms with van der Waals surface area (Å²) < 4.78 is 2.66. The number of nitrogens with zero attached hydrogens (tertiary/aromatic N) is 3. The van der Waals surface area contributed by atoms with E-state index in [4.69, 9.17) is 15.0 Å². The Morgan fingerprint density at radius 2 is 0.983 bits per heavy atom. The lowest BCUT2D eigenvalue weighted by Gasteiger charge is -2.11. The molecule has 58 heavy (non-hydrogen) atoms. The SMILES string of the molecule is C=C/C(=C\C=C(/C)c1ccccc1)c1nc(-c2ccccc2)nc(-c2ccc(-c3ccc4c(ccc5cc(-c6ccc7sc8ccccc8c7c6)ccc54)c3)cc2)n1. The van der Waals surface area contributed by atoms with Gasteiger partial charge in [-0.05, 0) is 92.2 Å². The van der Waals surface area contributed by atoms with Crippen LogP contribution in [-0.4, -0.2) is 15.0 Å². The minimum absolute atomic E-state index is 0.575. The van der Waals surface area contributed by atoms with Crippen LogP contribution in [0.2, 0.25) is 0 Å². The highest BCUT2D eigenvalue weighted by Crippen LogP contribution is 2.38. The number of thiophene rings is 1. The topological polar surface area (TPSA) is 38.7 Å². The van der Waals surface area contributed by atoms with E-state index in [1.807, 2.05) is 65.9 Å². The van der Waals surface area contributed by atoms with Gasteiger partial charge in [0.05, 0.1) is 0 Å². The molecule has 0 spiro atoms. The van der Waals surface area contributed by atoms with Crippen LogP contribution in [0.4, 0.5) is 0 Å². The van der Waals surface area contributed by atoms with Crippen molar-refractivity contribution in [2.24, 2.45) is 0 Å². The molecule has 4 heteroatoms. The van der Waals surface area contributed by atoms with E-state index in [1.165, 1.54) is 52.8 Å². The molecule has 10 aromatic rings. The van der Waals surface area contributed by atoms with E-state index in [1.54, 1.807) is 6.08 Å². The van der Waals surface area contributed by atoms with Gasteiger partial charge < -0.3 is 0 Å². The van der Waals surface area contributed by atoms with Crippen LogP contribution in [0.25, 0.3) is 97.9 Å². The second-order valence-electron chi connectivity index (χ2n) is 14.5. The largest absolute Gasteiger partial charge is 0.208 e. The van der Waals surface area contributed by atoms with Crippen LogP contribution in [0, 0.1) is 0 Å². The Morgan fingerprint density at radius 1 is 0.448 bits per heavy atom. The van der Waals surface area contributed by atoms with Crippen molar-refractivity contribution < 1.29 is 0 Å². The fraction of sp³-hybridized carbons (Fsp3) is 0.0185. The number of aromatic nitrogens is 3. The number of fused-ring (bicyclic) bond motifs is 6. The van der Waals surface area contributed by atoms with E-state index < -0.39 is 0 Å². The zero-order valence-electron chi connectivity index (χ0n) is 31.9. The van der Waals surface area contributed by atoms with Gasteiger partial charge >= 0.3 is 0 Å². The summed E-state index contributed by atoms with van der Waals surface area (Å²) in [5.74, 6) is 1.80. The van der Waals surface area contributed by atoms with Gasteiger partial charge in [-0.15, -0.1) is 11.3 Å². The minimum atomic E-state index is 0.575. The summed E-state index contributed by atoms with van der Waals surface area (Å²) >= 11 is 1.86. The van der Waals surface area contributed by atoms with Crippen LogP contribution in [0.1, 0.15) is 18.3 Å². The summed E-state index contributed by atoms with van der Waals surface area (Å²) in [7, 11) is 0. The summed E-state index contributed by atoms with van der Waals surface area (Å²) in [5, 5.41) is 7.60. The molecule has 0 amide bonds. The van der Waals surface area contributed by atoms with Crippen LogP contribution in [-0.2, 0) is 0 Å². The van der Waals surface area contributed by atoms with Crippen molar-refractivity contribution >= 4 is 64.2 Å². The van der Waals surface area contributed by atoms with E-state index in [0.29, 0.717) is 17.5 Å². The number of benzene rings is 8. The highest BCUT2D eigenvalue weighted by atomic mass is 32.1. The van der Waals surface area contributed by atoms with E-state index in [0.717, 1.165) is 39.0 Å². The predicted octanol–water partition coefficient (Wildman–Crippen LogP) is 14.9. The number of hydrogen-bond donors (Lipinski definition) is 0. The standard InChI is InChI=1S/C54H37N3S/c1-3-36(19-18-35(2)37-12-6-4-7-13-37)52-55-53(39-14-8-5-9-15-39)57-54(56-52)40-22-20-38(21-23-40)41-26-29-46-44(32-41)24-25-45-33-42(27-30-47(45)46)43-28-31-51-49(34-43)48-16-10-11-17-50(48)58-51/h3-34H,1H2,2H3/b35-18+,36-19+. The van der Waals surface area contributed by atoms with Gasteiger partial charge in [0, 0.05) is 36.9 Å². The lowest BCUT2D eigenvalue weighted by Crippen LogP contribution is -2.02. The van der Waals surface area contributed by atoms with Crippen LogP contribution >= 0.6 is 11.3 Å². The summed E-state index contributed by atoms with van der Waals surface area (Å²) in [6.07, 6.45) is 5.92. The Bertz CT molecular complexity index is 3230. The summed E-state index contributed by atoms with van der Waals surface area (Å²) in [4.78, 5) is 14.9. The van der Waals surface area contributed by atoms with Gasteiger partial charge in [0.1, 0.15) is 0 Å². The van der Waals surface area contributed by atoms with Crippen LogP contribution in [0.5, 0.6) is 0 Å². The summed E-state index contributed by atoms with van der Waals surface area (Å²) in [6.45, 7) is 6.21.